The molecule has 0 N–H and O–H groups in total. The first kappa shape index (κ1) is 16.0. The molecule has 0 aliphatic carbocycles. The van der Waals surface area contributed by atoms with E-state index in [1.54, 1.807) is 13.2 Å². The number of para-hydroxylation sites is 1. The van der Waals surface area contributed by atoms with E-state index in [2.05, 4.69) is 9.80 Å². The maximum atomic E-state index is 13.9. The highest BCUT2D eigenvalue weighted by Gasteiger charge is 2.23. The second kappa shape index (κ2) is 6.80. The van der Waals surface area contributed by atoms with Gasteiger partial charge in [0.05, 0.1) is 12.8 Å². The Labute approximate surface area is 146 Å². The van der Waals surface area contributed by atoms with E-state index in [0.717, 1.165) is 44.0 Å². The summed E-state index contributed by atoms with van der Waals surface area (Å²) in [7, 11) is 1.63. The Morgan fingerprint density at radius 2 is 1.88 bits per heavy atom. The van der Waals surface area contributed by atoms with Crippen LogP contribution >= 0.6 is 0 Å². The molecule has 1 saturated heterocycles. The minimum atomic E-state index is -0.156. The van der Waals surface area contributed by atoms with Gasteiger partial charge in [-0.3, -0.25) is 4.90 Å². The molecule has 0 aromatic heterocycles. The first-order valence-electron chi connectivity index (χ1n) is 8.43. The third kappa shape index (κ3) is 3.22. The van der Waals surface area contributed by atoms with E-state index in [9.17, 15) is 4.39 Å². The van der Waals surface area contributed by atoms with E-state index in [-0.39, 0.29) is 12.6 Å². The normalized spacial score (nSPS) is 17.0. The fourth-order valence-electron chi connectivity index (χ4n) is 3.39. The summed E-state index contributed by atoms with van der Waals surface area (Å²) < 4.78 is 30.3. The third-order valence-electron chi connectivity index (χ3n) is 4.69. The minimum absolute atomic E-state index is 0.156. The standard InChI is InChI=1S/C19H21FN2O3/c1-23-17-10-14(11-18-19(17)25-13-24-18)12-21-6-8-22(9-7-21)16-5-3-2-4-15(16)20/h2-5,10-11H,6-9,12-13H2,1H3. The van der Waals surface area contributed by atoms with Gasteiger partial charge in [0.15, 0.2) is 11.5 Å². The molecule has 0 amide bonds. The van der Waals surface area contributed by atoms with E-state index in [1.807, 2.05) is 24.3 Å². The van der Waals surface area contributed by atoms with Crippen molar-refractivity contribution in [1.82, 2.24) is 4.90 Å². The van der Waals surface area contributed by atoms with Crippen molar-refractivity contribution in [3.63, 3.8) is 0 Å². The summed E-state index contributed by atoms with van der Waals surface area (Å²) in [5.74, 6) is 1.96. The van der Waals surface area contributed by atoms with Crippen LogP contribution in [0.2, 0.25) is 0 Å². The van der Waals surface area contributed by atoms with Crippen LogP contribution in [0.15, 0.2) is 36.4 Å². The molecule has 2 aliphatic rings. The summed E-state index contributed by atoms with van der Waals surface area (Å²) in [5.41, 5.74) is 1.81. The summed E-state index contributed by atoms with van der Waals surface area (Å²) in [4.78, 5) is 4.46. The van der Waals surface area contributed by atoms with E-state index >= 15 is 0 Å². The average Bonchev–Trinajstić information content (AvgIpc) is 3.11. The molecule has 2 aromatic rings. The van der Waals surface area contributed by atoms with Gasteiger partial charge in [0.2, 0.25) is 12.5 Å². The zero-order valence-electron chi connectivity index (χ0n) is 14.2. The molecule has 5 nitrogen and oxygen atoms in total. The highest BCUT2D eigenvalue weighted by atomic mass is 19.1. The molecule has 25 heavy (non-hydrogen) atoms. The fraction of sp³-hybridized carbons (Fsp3) is 0.368. The monoisotopic (exact) mass is 344 g/mol. The van der Waals surface area contributed by atoms with E-state index in [4.69, 9.17) is 14.2 Å². The lowest BCUT2D eigenvalue weighted by atomic mass is 10.1. The van der Waals surface area contributed by atoms with Gasteiger partial charge in [-0.25, -0.2) is 4.39 Å². The Morgan fingerprint density at radius 1 is 1.08 bits per heavy atom. The number of hydrogen-bond donors (Lipinski definition) is 0. The molecule has 132 valence electrons. The Bertz CT molecular complexity index is 760. The zero-order valence-corrected chi connectivity index (χ0v) is 14.2. The molecule has 0 radical (unpaired) electrons. The quantitative estimate of drug-likeness (QED) is 0.852. The van der Waals surface area contributed by atoms with Gasteiger partial charge in [-0.1, -0.05) is 12.1 Å². The second-order valence-electron chi connectivity index (χ2n) is 6.25. The predicted octanol–water partition coefficient (Wildman–Crippen LogP) is 2.89. The SMILES string of the molecule is COc1cc(CN2CCN(c3ccccc3F)CC2)cc2c1OCO2. The van der Waals surface area contributed by atoms with Crippen LogP contribution in [0.25, 0.3) is 0 Å². The highest BCUT2D eigenvalue weighted by molar-refractivity contribution is 5.55. The number of piperazine rings is 1. The maximum absolute atomic E-state index is 13.9. The average molecular weight is 344 g/mol. The molecular weight excluding hydrogens is 323 g/mol. The van der Waals surface area contributed by atoms with Crippen LogP contribution in [-0.4, -0.2) is 45.0 Å². The third-order valence-corrected chi connectivity index (χ3v) is 4.69. The van der Waals surface area contributed by atoms with Crippen molar-refractivity contribution in [2.75, 3.05) is 45.0 Å². The minimum Gasteiger partial charge on any atom is -0.493 e. The van der Waals surface area contributed by atoms with Crippen LogP contribution in [0.3, 0.4) is 0 Å². The lowest BCUT2D eigenvalue weighted by Crippen LogP contribution is -2.46. The molecule has 0 unspecified atom stereocenters. The van der Waals surface area contributed by atoms with Gasteiger partial charge in [0.25, 0.3) is 0 Å². The van der Waals surface area contributed by atoms with Gasteiger partial charge in [0.1, 0.15) is 5.82 Å². The lowest BCUT2D eigenvalue weighted by Gasteiger charge is -2.36. The van der Waals surface area contributed by atoms with Crippen molar-refractivity contribution in [3.8, 4) is 17.2 Å². The number of halogens is 1. The number of ether oxygens (including phenoxy) is 3. The van der Waals surface area contributed by atoms with Crippen molar-refractivity contribution in [1.29, 1.82) is 0 Å². The van der Waals surface area contributed by atoms with E-state index < -0.39 is 0 Å². The van der Waals surface area contributed by atoms with Crippen LogP contribution in [-0.2, 0) is 6.54 Å². The van der Waals surface area contributed by atoms with Crippen LogP contribution in [0.5, 0.6) is 17.2 Å². The van der Waals surface area contributed by atoms with Crippen molar-refractivity contribution < 1.29 is 18.6 Å². The Hall–Kier alpha value is -2.47. The smallest absolute Gasteiger partial charge is 0.231 e. The molecular formula is C19H21FN2O3. The van der Waals surface area contributed by atoms with Crippen molar-refractivity contribution in [2.45, 2.75) is 6.54 Å². The molecule has 1 fully saturated rings. The molecule has 6 heteroatoms. The molecule has 0 saturated carbocycles. The molecule has 2 aliphatic heterocycles. The molecule has 2 aromatic carbocycles. The van der Waals surface area contributed by atoms with Crippen LogP contribution in [0, 0.1) is 5.82 Å². The second-order valence-corrected chi connectivity index (χ2v) is 6.25. The number of nitrogens with zero attached hydrogens (tertiary/aromatic N) is 2. The number of methoxy groups -OCH3 is 1. The Kier molecular flexibility index (Phi) is 4.36. The van der Waals surface area contributed by atoms with Gasteiger partial charge < -0.3 is 19.1 Å². The van der Waals surface area contributed by atoms with Crippen molar-refractivity contribution >= 4 is 5.69 Å². The zero-order chi connectivity index (χ0) is 17.2. The lowest BCUT2D eigenvalue weighted by molar-refractivity contribution is 0.171. The maximum Gasteiger partial charge on any atom is 0.231 e. The summed E-state index contributed by atoms with van der Waals surface area (Å²) in [5, 5.41) is 0. The first-order valence-corrected chi connectivity index (χ1v) is 8.43. The largest absolute Gasteiger partial charge is 0.493 e. The molecule has 0 bridgehead atoms. The van der Waals surface area contributed by atoms with Gasteiger partial charge in [-0.2, -0.15) is 0 Å². The summed E-state index contributed by atoms with van der Waals surface area (Å²) in [6.45, 7) is 4.41. The fourth-order valence-corrected chi connectivity index (χ4v) is 3.39. The summed E-state index contributed by atoms with van der Waals surface area (Å²) >= 11 is 0. The Morgan fingerprint density at radius 3 is 2.64 bits per heavy atom. The van der Waals surface area contributed by atoms with E-state index in [0.29, 0.717) is 17.2 Å². The summed E-state index contributed by atoms with van der Waals surface area (Å²) in [6.07, 6.45) is 0. The number of anilines is 1. The van der Waals surface area contributed by atoms with Gasteiger partial charge in [-0.05, 0) is 29.8 Å². The molecule has 4 rings (SSSR count). The topological polar surface area (TPSA) is 34.2 Å². The van der Waals surface area contributed by atoms with Crippen molar-refractivity contribution in [2.24, 2.45) is 0 Å². The molecule has 0 atom stereocenters. The predicted molar refractivity (Wildman–Crippen MR) is 93.0 cm³/mol. The van der Waals surface area contributed by atoms with Gasteiger partial charge in [-0.15, -0.1) is 0 Å². The molecule has 2 heterocycles. The van der Waals surface area contributed by atoms with Gasteiger partial charge >= 0.3 is 0 Å². The van der Waals surface area contributed by atoms with Gasteiger partial charge in [0, 0.05) is 32.7 Å². The van der Waals surface area contributed by atoms with Crippen LogP contribution in [0.1, 0.15) is 5.56 Å². The van der Waals surface area contributed by atoms with Crippen LogP contribution < -0.4 is 19.1 Å². The number of benzene rings is 2. The van der Waals surface area contributed by atoms with Crippen molar-refractivity contribution in [3.05, 3.63) is 47.8 Å². The number of fused-ring (bicyclic) bond motifs is 1. The number of rotatable bonds is 4. The highest BCUT2D eigenvalue weighted by Crippen LogP contribution is 2.42. The van der Waals surface area contributed by atoms with E-state index in [1.165, 1.54) is 6.07 Å². The first-order chi connectivity index (χ1) is 12.2. The number of hydrogen-bond acceptors (Lipinski definition) is 5. The molecule has 0 spiro atoms. The van der Waals surface area contributed by atoms with Crippen LogP contribution in [0.4, 0.5) is 10.1 Å². The Balaban J connectivity index is 1.42. The summed E-state index contributed by atoms with van der Waals surface area (Å²) in [6, 6.07) is 11.0.